The van der Waals surface area contributed by atoms with Crippen LogP contribution >= 0.6 is 11.3 Å². The summed E-state index contributed by atoms with van der Waals surface area (Å²) in [5.41, 5.74) is 2.82. The Bertz CT molecular complexity index is 373. The Morgan fingerprint density at radius 1 is 1.42 bits per heavy atom. The van der Waals surface area contributed by atoms with Gasteiger partial charge in [-0.15, -0.1) is 11.3 Å². The van der Waals surface area contributed by atoms with Gasteiger partial charge in [-0.25, -0.2) is 4.98 Å². The Balaban J connectivity index is 1.91. The van der Waals surface area contributed by atoms with Crippen LogP contribution in [0.5, 0.6) is 0 Å². The lowest BCUT2D eigenvalue weighted by Gasteiger charge is -2.25. The quantitative estimate of drug-likeness (QED) is 0.787. The normalized spacial score (nSPS) is 18.9. The number of hydrogen-bond donors (Lipinski definition) is 2. The number of nitrogens with one attached hydrogen (secondary N) is 1. The molecule has 106 valence electrons. The number of carbonyl (C=O) groups is 1. The number of aromatic nitrogens is 1. The fourth-order valence-corrected chi connectivity index (χ4v) is 3.43. The average molecular weight is 282 g/mol. The Hall–Kier alpha value is -0.940. The zero-order valence-electron chi connectivity index (χ0n) is 11.2. The van der Waals surface area contributed by atoms with Gasteiger partial charge in [-0.05, 0) is 18.8 Å². The van der Waals surface area contributed by atoms with Crippen molar-refractivity contribution in [3.63, 3.8) is 0 Å². The van der Waals surface area contributed by atoms with Crippen molar-refractivity contribution in [2.24, 2.45) is 5.92 Å². The highest BCUT2D eigenvalue weighted by Crippen LogP contribution is 2.27. The van der Waals surface area contributed by atoms with E-state index in [1.807, 2.05) is 10.9 Å². The van der Waals surface area contributed by atoms with E-state index in [9.17, 15) is 4.79 Å². The smallest absolute Gasteiger partial charge is 0.304 e. The molecule has 1 fully saturated rings. The highest BCUT2D eigenvalue weighted by atomic mass is 32.1. The van der Waals surface area contributed by atoms with E-state index < -0.39 is 5.97 Å². The first kappa shape index (κ1) is 14.5. The summed E-state index contributed by atoms with van der Waals surface area (Å²) in [6.45, 7) is 0.679. The van der Waals surface area contributed by atoms with Gasteiger partial charge in [0.1, 0.15) is 0 Å². The predicted octanol–water partition coefficient (Wildman–Crippen LogP) is 3.05. The molecule has 1 heterocycles. The fourth-order valence-electron chi connectivity index (χ4n) is 2.87. The molecular formula is C14H22N2O2S. The number of thiazole rings is 1. The lowest BCUT2D eigenvalue weighted by Crippen LogP contribution is -2.37. The monoisotopic (exact) mass is 282 g/mol. The molecule has 0 aliphatic heterocycles. The van der Waals surface area contributed by atoms with Gasteiger partial charge in [0.25, 0.3) is 0 Å². The van der Waals surface area contributed by atoms with E-state index in [1.165, 1.54) is 25.7 Å². The highest BCUT2D eigenvalue weighted by molar-refractivity contribution is 7.07. The molecule has 1 atom stereocenters. The molecule has 0 bridgehead atoms. The summed E-state index contributed by atoms with van der Waals surface area (Å²) < 4.78 is 0. The van der Waals surface area contributed by atoms with Crippen molar-refractivity contribution < 1.29 is 9.90 Å². The molecule has 1 aromatic heterocycles. The minimum atomic E-state index is -0.708. The van der Waals surface area contributed by atoms with E-state index in [-0.39, 0.29) is 12.5 Å². The molecule has 0 saturated heterocycles. The van der Waals surface area contributed by atoms with E-state index in [0.717, 1.165) is 18.5 Å². The van der Waals surface area contributed by atoms with Gasteiger partial charge in [0.2, 0.25) is 0 Å². The van der Waals surface area contributed by atoms with Gasteiger partial charge in [-0.2, -0.15) is 0 Å². The Labute approximate surface area is 118 Å². The van der Waals surface area contributed by atoms with Crippen molar-refractivity contribution in [3.05, 3.63) is 16.6 Å². The number of aliphatic carboxylic acids is 1. The first-order valence-electron chi connectivity index (χ1n) is 7.08. The Morgan fingerprint density at radius 3 is 2.74 bits per heavy atom. The second kappa shape index (κ2) is 7.60. The third-order valence-corrected chi connectivity index (χ3v) is 4.53. The summed E-state index contributed by atoms with van der Waals surface area (Å²) >= 11 is 1.58. The van der Waals surface area contributed by atoms with Crippen LogP contribution in [0.1, 0.15) is 50.6 Å². The van der Waals surface area contributed by atoms with Gasteiger partial charge in [-0.3, -0.25) is 4.79 Å². The van der Waals surface area contributed by atoms with Gasteiger partial charge in [0.15, 0.2) is 0 Å². The van der Waals surface area contributed by atoms with Gasteiger partial charge in [-0.1, -0.05) is 25.7 Å². The molecule has 1 unspecified atom stereocenters. The summed E-state index contributed by atoms with van der Waals surface area (Å²) in [4.78, 5) is 15.3. The van der Waals surface area contributed by atoms with Gasteiger partial charge < -0.3 is 10.4 Å². The van der Waals surface area contributed by atoms with Gasteiger partial charge >= 0.3 is 5.97 Å². The SMILES string of the molecule is O=C(O)CC(NCc1cscn1)C1CCCCCC1. The molecular weight excluding hydrogens is 260 g/mol. The number of nitrogens with zero attached hydrogens (tertiary/aromatic N) is 1. The maximum atomic E-state index is 11.0. The Morgan fingerprint density at radius 2 is 2.16 bits per heavy atom. The predicted molar refractivity (Wildman–Crippen MR) is 76.2 cm³/mol. The van der Waals surface area contributed by atoms with Crippen LogP contribution in [0.2, 0.25) is 0 Å². The van der Waals surface area contributed by atoms with Crippen LogP contribution in [0.3, 0.4) is 0 Å². The summed E-state index contributed by atoms with van der Waals surface area (Å²) in [6, 6.07) is 0.0808. The van der Waals surface area contributed by atoms with Gasteiger partial charge in [0, 0.05) is 18.0 Å². The molecule has 0 amide bonds. The molecule has 5 heteroatoms. The van der Waals surface area contributed by atoms with Crippen molar-refractivity contribution in [1.82, 2.24) is 10.3 Å². The first-order chi connectivity index (χ1) is 9.25. The van der Waals surface area contributed by atoms with E-state index in [0.29, 0.717) is 12.5 Å². The molecule has 2 rings (SSSR count). The molecule has 1 aliphatic rings. The zero-order valence-corrected chi connectivity index (χ0v) is 12.0. The molecule has 4 nitrogen and oxygen atoms in total. The molecule has 19 heavy (non-hydrogen) atoms. The van der Waals surface area contributed by atoms with Crippen LogP contribution in [0, 0.1) is 5.92 Å². The standard InChI is InChI=1S/C14H22N2O2S/c17-14(18)7-13(11-5-3-1-2-4-6-11)15-8-12-9-19-10-16-12/h9-11,13,15H,1-8H2,(H,17,18). The van der Waals surface area contributed by atoms with Crippen molar-refractivity contribution in [1.29, 1.82) is 0 Å². The fraction of sp³-hybridized carbons (Fsp3) is 0.714. The number of hydrogen-bond acceptors (Lipinski definition) is 4. The summed E-state index contributed by atoms with van der Waals surface area (Å²) in [5.74, 6) is -0.211. The molecule has 0 radical (unpaired) electrons. The average Bonchev–Trinajstić information content (AvgIpc) is 2.75. The van der Waals surface area contributed by atoms with Crippen LogP contribution in [0.25, 0.3) is 0 Å². The maximum absolute atomic E-state index is 11.0. The second-order valence-electron chi connectivity index (χ2n) is 5.32. The van der Waals surface area contributed by atoms with Gasteiger partial charge in [0.05, 0.1) is 17.6 Å². The number of carboxylic acid groups (broad SMARTS) is 1. The van der Waals surface area contributed by atoms with Crippen LogP contribution in [-0.2, 0) is 11.3 Å². The lowest BCUT2D eigenvalue weighted by atomic mass is 9.89. The first-order valence-corrected chi connectivity index (χ1v) is 8.02. The molecule has 1 aliphatic carbocycles. The Kier molecular flexibility index (Phi) is 5.79. The molecule has 0 spiro atoms. The van der Waals surface area contributed by atoms with E-state index in [2.05, 4.69) is 10.3 Å². The lowest BCUT2D eigenvalue weighted by molar-refractivity contribution is -0.138. The van der Waals surface area contributed by atoms with Crippen LogP contribution in [0.4, 0.5) is 0 Å². The van der Waals surface area contributed by atoms with Crippen LogP contribution in [0.15, 0.2) is 10.9 Å². The van der Waals surface area contributed by atoms with E-state index in [1.54, 1.807) is 11.3 Å². The molecule has 1 aromatic rings. The highest BCUT2D eigenvalue weighted by Gasteiger charge is 2.24. The molecule has 0 aromatic carbocycles. The van der Waals surface area contributed by atoms with E-state index in [4.69, 9.17) is 5.11 Å². The topological polar surface area (TPSA) is 62.2 Å². The third kappa shape index (κ3) is 4.91. The molecule has 2 N–H and O–H groups in total. The van der Waals surface area contributed by atoms with Crippen molar-refractivity contribution in [3.8, 4) is 0 Å². The summed E-state index contributed by atoms with van der Waals surface area (Å²) in [5, 5.41) is 14.5. The summed E-state index contributed by atoms with van der Waals surface area (Å²) in [7, 11) is 0. The van der Waals surface area contributed by atoms with E-state index >= 15 is 0 Å². The van der Waals surface area contributed by atoms with Crippen molar-refractivity contribution in [2.45, 2.75) is 57.5 Å². The second-order valence-corrected chi connectivity index (χ2v) is 6.04. The number of carboxylic acids is 1. The summed E-state index contributed by atoms with van der Waals surface area (Å²) in [6.07, 6.45) is 7.59. The molecule has 1 saturated carbocycles. The zero-order chi connectivity index (χ0) is 13.5. The van der Waals surface area contributed by atoms with Crippen LogP contribution < -0.4 is 5.32 Å². The minimum Gasteiger partial charge on any atom is -0.481 e. The largest absolute Gasteiger partial charge is 0.481 e. The maximum Gasteiger partial charge on any atom is 0.304 e. The van der Waals surface area contributed by atoms with Crippen molar-refractivity contribution >= 4 is 17.3 Å². The minimum absolute atomic E-state index is 0.0808. The van der Waals surface area contributed by atoms with Crippen LogP contribution in [-0.4, -0.2) is 22.1 Å². The third-order valence-electron chi connectivity index (χ3n) is 3.89. The number of rotatable bonds is 6. The van der Waals surface area contributed by atoms with Crippen molar-refractivity contribution in [2.75, 3.05) is 0 Å².